The summed E-state index contributed by atoms with van der Waals surface area (Å²) in [5.74, 6) is 0.523. The number of hydrogen-bond donors (Lipinski definition) is 2. The minimum Gasteiger partial charge on any atom is -0.494 e. The van der Waals surface area contributed by atoms with Crippen molar-refractivity contribution in [3.05, 3.63) is 29.8 Å². The molecule has 7 heteroatoms. The maximum Gasteiger partial charge on any atom is 0.235 e. The standard InChI is InChI=1S/C15H24N2O4S/c1-4-21-14-7-5-13(6-8-14)11-22(19,20)17-10-15(18)16-9-12(2)3/h5-8,12,17H,4,9-11H2,1-3H3,(H,16,18). The Labute approximate surface area is 132 Å². The van der Waals surface area contributed by atoms with Gasteiger partial charge < -0.3 is 10.1 Å². The van der Waals surface area contributed by atoms with Crippen molar-refractivity contribution in [3.63, 3.8) is 0 Å². The van der Waals surface area contributed by atoms with Crippen LogP contribution >= 0.6 is 0 Å². The smallest absolute Gasteiger partial charge is 0.235 e. The number of ether oxygens (including phenoxy) is 1. The van der Waals surface area contributed by atoms with E-state index in [9.17, 15) is 13.2 Å². The Morgan fingerprint density at radius 2 is 1.86 bits per heavy atom. The molecule has 124 valence electrons. The van der Waals surface area contributed by atoms with Gasteiger partial charge >= 0.3 is 0 Å². The predicted octanol–water partition coefficient (Wildman–Crippen LogP) is 1.28. The van der Waals surface area contributed by atoms with Gasteiger partial charge in [-0.1, -0.05) is 26.0 Å². The predicted molar refractivity (Wildman–Crippen MR) is 86.1 cm³/mol. The highest BCUT2D eigenvalue weighted by molar-refractivity contribution is 7.88. The van der Waals surface area contributed by atoms with Gasteiger partial charge in [0.2, 0.25) is 15.9 Å². The first-order valence-corrected chi connectivity index (χ1v) is 8.93. The average molecular weight is 328 g/mol. The molecule has 0 fully saturated rings. The molecule has 0 bridgehead atoms. The monoisotopic (exact) mass is 328 g/mol. The second-order valence-corrected chi connectivity index (χ2v) is 7.16. The van der Waals surface area contributed by atoms with Gasteiger partial charge in [-0.05, 0) is 30.5 Å². The molecular formula is C15H24N2O4S. The highest BCUT2D eigenvalue weighted by Crippen LogP contribution is 2.13. The average Bonchev–Trinajstić information content (AvgIpc) is 2.45. The zero-order valence-corrected chi connectivity index (χ0v) is 14.1. The number of rotatable bonds is 9. The molecule has 22 heavy (non-hydrogen) atoms. The molecule has 0 aliphatic heterocycles. The Morgan fingerprint density at radius 3 is 2.41 bits per heavy atom. The number of sulfonamides is 1. The molecule has 0 atom stereocenters. The molecule has 0 spiro atoms. The number of carbonyl (C=O) groups excluding carboxylic acids is 1. The van der Waals surface area contributed by atoms with E-state index >= 15 is 0 Å². The van der Waals surface area contributed by atoms with E-state index in [1.54, 1.807) is 24.3 Å². The molecule has 0 unspecified atom stereocenters. The second kappa shape index (κ2) is 8.75. The van der Waals surface area contributed by atoms with Crippen LogP contribution < -0.4 is 14.8 Å². The summed E-state index contributed by atoms with van der Waals surface area (Å²) < 4.78 is 31.5. The van der Waals surface area contributed by atoms with Gasteiger partial charge in [0.05, 0.1) is 18.9 Å². The zero-order valence-electron chi connectivity index (χ0n) is 13.3. The number of hydrogen-bond acceptors (Lipinski definition) is 4. The Hall–Kier alpha value is -1.60. The van der Waals surface area contributed by atoms with Crippen LogP contribution in [0.3, 0.4) is 0 Å². The molecular weight excluding hydrogens is 304 g/mol. The van der Waals surface area contributed by atoms with Crippen molar-refractivity contribution in [2.75, 3.05) is 19.7 Å². The van der Waals surface area contributed by atoms with Crippen molar-refractivity contribution >= 4 is 15.9 Å². The molecule has 0 aromatic heterocycles. The molecule has 0 saturated carbocycles. The maximum atomic E-state index is 11.9. The SMILES string of the molecule is CCOc1ccc(CS(=O)(=O)NCC(=O)NCC(C)C)cc1. The summed E-state index contributed by atoms with van der Waals surface area (Å²) in [5.41, 5.74) is 0.638. The highest BCUT2D eigenvalue weighted by Gasteiger charge is 2.13. The molecule has 0 saturated heterocycles. The summed E-state index contributed by atoms with van der Waals surface area (Å²) in [7, 11) is -3.55. The number of benzene rings is 1. The quantitative estimate of drug-likeness (QED) is 0.715. The van der Waals surface area contributed by atoms with Crippen molar-refractivity contribution in [2.45, 2.75) is 26.5 Å². The first-order valence-electron chi connectivity index (χ1n) is 7.28. The van der Waals surface area contributed by atoms with E-state index in [2.05, 4.69) is 10.0 Å². The Kier molecular flexibility index (Phi) is 7.34. The van der Waals surface area contributed by atoms with E-state index in [4.69, 9.17) is 4.74 Å². The summed E-state index contributed by atoms with van der Waals surface area (Å²) >= 11 is 0. The van der Waals surface area contributed by atoms with Crippen molar-refractivity contribution in [2.24, 2.45) is 5.92 Å². The van der Waals surface area contributed by atoms with Gasteiger partial charge in [0.25, 0.3) is 0 Å². The minimum absolute atomic E-state index is 0.170. The first kappa shape index (κ1) is 18.4. The number of nitrogens with one attached hydrogen (secondary N) is 2. The largest absolute Gasteiger partial charge is 0.494 e. The molecule has 0 aliphatic rings. The number of amides is 1. The summed E-state index contributed by atoms with van der Waals surface area (Å²) in [4.78, 5) is 11.5. The normalized spacial score (nSPS) is 11.5. The lowest BCUT2D eigenvalue weighted by atomic mass is 10.2. The van der Waals surface area contributed by atoms with Crippen LogP contribution in [0.5, 0.6) is 5.75 Å². The molecule has 1 aromatic carbocycles. The molecule has 0 heterocycles. The van der Waals surface area contributed by atoms with Crippen LogP contribution in [0.25, 0.3) is 0 Å². The summed E-state index contributed by atoms with van der Waals surface area (Å²) in [6.07, 6.45) is 0. The Bertz CT molecular complexity index is 568. The Morgan fingerprint density at radius 1 is 1.23 bits per heavy atom. The first-order chi connectivity index (χ1) is 10.3. The van der Waals surface area contributed by atoms with Crippen molar-refractivity contribution in [1.82, 2.24) is 10.0 Å². The van der Waals surface area contributed by atoms with Crippen molar-refractivity contribution in [3.8, 4) is 5.75 Å². The van der Waals surface area contributed by atoms with Crippen LogP contribution in [-0.4, -0.2) is 34.0 Å². The lowest BCUT2D eigenvalue weighted by Gasteiger charge is -2.09. The topological polar surface area (TPSA) is 84.5 Å². The van der Waals surface area contributed by atoms with Gasteiger partial charge in [0.1, 0.15) is 5.75 Å². The van der Waals surface area contributed by atoms with E-state index in [-0.39, 0.29) is 18.2 Å². The molecule has 0 radical (unpaired) electrons. The third-order valence-corrected chi connectivity index (χ3v) is 4.05. The van der Waals surface area contributed by atoms with Crippen LogP contribution in [0.4, 0.5) is 0 Å². The summed E-state index contributed by atoms with van der Waals surface area (Å²) in [5, 5.41) is 2.66. The van der Waals surface area contributed by atoms with E-state index in [1.165, 1.54) is 0 Å². The molecule has 1 rings (SSSR count). The van der Waals surface area contributed by atoms with Gasteiger partial charge in [0.15, 0.2) is 0 Å². The fourth-order valence-corrected chi connectivity index (χ4v) is 2.76. The number of carbonyl (C=O) groups is 1. The molecule has 1 amide bonds. The molecule has 2 N–H and O–H groups in total. The van der Waals surface area contributed by atoms with E-state index in [0.717, 1.165) is 0 Å². The van der Waals surface area contributed by atoms with Crippen molar-refractivity contribution in [1.29, 1.82) is 0 Å². The van der Waals surface area contributed by atoms with Crippen LogP contribution in [0, 0.1) is 5.92 Å². The van der Waals surface area contributed by atoms with E-state index < -0.39 is 10.0 Å². The van der Waals surface area contributed by atoms with Crippen molar-refractivity contribution < 1.29 is 17.9 Å². The van der Waals surface area contributed by atoms with Crippen LogP contribution in [0.15, 0.2) is 24.3 Å². The lowest BCUT2D eigenvalue weighted by Crippen LogP contribution is -2.38. The van der Waals surface area contributed by atoms with Gasteiger partial charge in [-0.25, -0.2) is 13.1 Å². The van der Waals surface area contributed by atoms with E-state index in [1.807, 2.05) is 20.8 Å². The summed E-state index contributed by atoms with van der Waals surface area (Å²) in [6, 6.07) is 6.85. The van der Waals surface area contributed by atoms with Crippen LogP contribution in [-0.2, 0) is 20.6 Å². The van der Waals surface area contributed by atoms with Crippen LogP contribution in [0.2, 0.25) is 0 Å². The maximum absolute atomic E-state index is 11.9. The summed E-state index contributed by atoms with van der Waals surface area (Å²) in [6.45, 7) is 6.66. The fourth-order valence-electron chi connectivity index (χ4n) is 1.67. The van der Waals surface area contributed by atoms with Crippen LogP contribution in [0.1, 0.15) is 26.3 Å². The highest BCUT2D eigenvalue weighted by atomic mass is 32.2. The zero-order chi connectivity index (χ0) is 16.6. The van der Waals surface area contributed by atoms with Gasteiger partial charge in [-0.15, -0.1) is 0 Å². The third kappa shape index (κ3) is 7.42. The third-order valence-electron chi connectivity index (χ3n) is 2.75. The molecule has 0 aliphatic carbocycles. The van der Waals surface area contributed by atoms with Gasteiger partial charge in [-0.3, -0.25) is 4.79 Å². The Balaban J connectivity index is 2.47. The van der Waals surface area contributed by atoms with Gasteiger partial charge in [-0.2, -0.15) is 0 Å². The molecule has 1 aromatic rings. The van der Waals surface area contributed by atoms with Gasteiger partial charge in [0, 0.05) is 6.54 Å². The molecule has 6 nitrogen and oxygen atoms in total. The second-order valence-electron chi connectivity index (χ2n) is 5.36. The minimum atomic E-state index is -3.55. The lowest BCUT2D eigenvalue weighted by molar-refractivity contribution is -0.120. The van der Waals surface area contributed by atoms with E-state index in [0.29, 0.717) is 30.4 Å². The fraction of sp³-hybridized carbons (Fsp3) is 0.533.